The number of rotatable bonds is 3. The number of halogens is 3. The van der Waals surface area contributed by atoms with Crippen molar-refractivity contribution in [3.63, 3.8) is 0 Å². The molecule has 1 N–H and O–H groups in total. The second-order valence-corrected chi connectivity index (χ2v) is 3.13. The Bertz CT molecular complexity index is 393. The summed E-state index contributed by atoms with van der Waals surface area (Å²) in [6, 6.07) is 3.42. The van der Waals surface area contributed by atoms with Gasteiger partial charge in [0.2, 0.25) is 0 Å². The molecule has 0 atom stereocenters. The maximum Gasteiger partial charge on any atom is 0.379 e. The molecule has 6 heteroatoms. The molecule has 0 spiro atoms. The lowest BCUT2D eigenvalue weighted by Crippen LogP contribution is -2.25. The number of carboxylic acids is 1. The Balaban J connectivity index is 3.29. The minimum Gasteiger partial charge on any atom is -0.497 e. The van der Waals surface area contributed by atoms with E-state index in [1.807, 2.05) is 0 Å². The number of methoxy groups -OCH3 is 1. The number of hydrogen-bond acceptors (Lipinski definition) is 2. The van der Waals surface area contributed by atoms with E-state index in [0.717, 1.165) is 12.1 Å². The Labute approximate surface area is 89.2 Å². The molecule has 0 aliphatic carbocycles. The van der Waals surface area contributed by atoms with Crippen LogP contribution in [-0.4, -0.2) is 18.2 Å². The van der Waals surface area contributed by atoms with Crippen molar-refractivity contribution in [3.05, 3.63) is 28.8 Å². The van der Waals surface area contributed by atoms with Crippen molar-refractivity contribution in [3.8, 4) is 5.75 Å². The lowest BCUT2D eigenvalue weighted by molar-refractivity contribution is -0.166. The summed E-state index contributed by atoms with van der Waals surface area (Å²) >= 11 is 5.48. The zero-order valence-electron chi connectivity index (χ0n) is 7.63. The summed E-state index contributed by atoms with van der Waals surface area (Å²) in [5.41, 5.74) is -0.781. The molecule has 0 aliphatic heterocycles. The highest BCUT2D eigenvalue weighted by atomic mass is 35.5. The maximum absolute atomic E-state index is 13.1. The van der Waals surface area contributed by atoms with Crippen LogP contribution in [0.25, 0.3) is 0 Å². The van der Waals surface area contributed by atoms with Gasteiger partial charge in [-0.3, -0.25) is 0 Å². The Hall–Kier alpha value is -1.36. The summed E-state index contributed by atoms with van der Waals surface area (Å²) in [7, 11) is 1.28. The van der Waals surface area contributed by atoms with E-state index in [2.05, 4.69) is 0 Å². The molecule has 0 bridgehead atoms. The van der Waals surface area contributed by atoms with Crippen molar-refractivity contribution >= 4 is 17.6 Å². The minimum absolute atomic E-state index is 0.121. The first kappa shape index (κ1) is 11.7. The molecule has 0 saturated heterocycles. The van der Waals surface area contributed by atoms with Crippen molar-refractivity contribution in [2.45, 2.75) is 5.92 Å². The van der Waals surface area contributed by atoms with Gasteiger partial charge in [0.25, 0.3) is 0 Å². The third kappa shape index (κ3) is 2.18. The third-order valence-electron chi connectivity index (χ3n) is 1.78. The Morgan fingerprint density at radius 3 is 2.60 bits per heavy atom. The van der Waals surface area contributed by atoms with E-state index in [1.165, 1.54) is 13.2 Å². The second-order valence-electron chi connectivity index (χ2n) is 2.73. The minimum atomic E-state index is -4.02. The highest BCUT2D eigenvalue weighted by Gasteiger charge is 2.43. The van der Waals surface area contributed by atoms with Crippen LogP contribution in [0, 0.1) is 0 Å². The highest BCUT2D eigenvalue weighted by molar-refractivity contribution is 6.31. The zero-order chi connectivity index (χ0) is 11.6. The summed E-state index contributed by atoms with van der Waals surface area (Å²) in [6.45, 7) is 0. The van der Waals surface area contributed by atoms with Gasteiger partial charge in [-0.2, -0.15) is 8.78 Å². The average Bonchev–Trinajstić information content (AvgIpc) is 2.18. The second kappa shape index (κ2) is 4.02. The van der Waals surface area contributed by atoms with Crippen LogP contribution in [0.5, 0.6) is 5.75 Å². The topological polar surface area (TPSA) is 46.5 Å². The van der Waals surface area contributed by atoms with E-state index < -0.39 is 17.5 Å². The number of carbonyl (C=O) groups is 1. The molecule has 0 heterocycles. The molecule has 0 amide bonds. The van der Waals surface area contributed by atoms with Crippen LogP contribution in [0.15, 0.2) is 18.2 Å². The van der Waals surface area contributed by atoms with Crippen molar-refractivity contribution in [2.24, 2.45) is 0 Å². The lowest BCUT2D eigenvalue weighted by Gasteiger charge is -2.13. The van der Waals surface area contributed by atoms with E-state index in [1.54, 1.807) is 0 Å². The van der Waals surface area contributed by atoms with Crippen molar-refractivity contribution < 1.29 is 23.4 Å². The van der Waals surface area contributed by atoms with Crippen LogP contribution < -0.4 is 4.74 Å². The molecule has 1 rings (SSSR count). The van der Waals surface area contributed by atoms with Gasteiger partial charge < -0.3 is 9.84 Å². The van der Waals surface area contributed by atoms with Crippen LogP contribution in [0.1, 0.15) is 5.56 Å². The maximum atomic E-state index is 13.1. The van der Waals surface area contributed by atoms with E-state index in [0.29, 0.717) is 0 Å². The molecule has 0 aliphatic rings. The van der Waals surface area contributed by atoms with Crippen LogP contribution in [0.2, 0.25) is 5.02 Å². The normalized spacial score (nSPS) is 11.2. The first-order chi connectivity index (χ1) is 6.89. The monoisotopic (exact) mass is 236 g/mol. The van der Waals surface area contributed by atoms with Crippen molar-refractivity contribution in [1.29, 1.82) is 0 Å². The van der Waals surface area contributed by atoms with E-state index in [9.17, 15) is 13.6 Å². The molecule has 1 aromatic rings. The largest absolute Gasteiger partial charge is 0.497 e. The molecule has 0 unspecified atom stereocenters. The first-order valence-corrected chi connectivity index (χ1v) is 4.22. The summed E-state index contributed by atoms with van der Waals surface area (Å²) in [6.07, 6.45) is 0. The number of aliphatic carboxylic acids is 1. The molecular weight excluding hydrogens is 230 g/mol. The molecule has 0 radical (unpaired) electrons. The van der Waals surface area contributed by atoms with Crippen LogP contribution in [0.4, 0.5) is 8.78 Å². The summed E-state index contributed by atoms with van der Waals surface area (Å²) < 4.78 is 30.9. The summed E-state index contributed by atoms with van der Waals surface area (Å²) in [4.78, 5) is 10.3. The van der Waals surface area contributed by atoms with E-state index in [4.69, 9.17) is 21.4 Å². The average molecular weight is 237 g/mol. The molecule has 3 nitrogen and oxygen atoms in total. The first-order valence-electron chi connectivity index (χ1n) is 3.85. The third-order valence-corrected chi connectivity index (χ3v) is 2.11. The Morgan fingerprint density at radius 2 is 2.13 bits per heavy atom. The molecule has 0 aromatic heterocycles. The summed E-state index contributed by atoms with van der Waals surface area (Å²) in [5, 5.41) is 8.02. The van der Waals surface area contributed by atoms with Gasteiger partial charge >= 0.3 is 11.9 Å². The Morgan fingerprint density at radius 1 is 1.53 bits per heavy atom. The van der Waals surface area contributed by atoms with Gasteiger partial charge in [0.05, 0.1) is 17.7 Å². The van der Waals surface area contributed by atoms with Gasteiger partial charge in [-0.15, -0.1) is 0 Å². The van der Waals surface area contributed by atoms with Gasteiger partial charge in [0.15, 0.2) is 0 Å². The van der Waals surface area contributed by atoms with Gasteiger partial charge in [0.1, 0.15) is 5.75 Å². The van der Waals surface area contributed by atoms with Gasteiger partial charge in [-0.1, -0.05) is 11.6 Å². The zero-order valence-corrected chi connectivity index (χ0v) is 8.39. The number of alkyl halides is 2. The molecule has 1 aromatic carbocycles. The predicted molar refractivity (Wildman–Crippen MR) is 49.5 cm³/mol. The molecular formula is C9H7ClF2O3. The Kier molecular flexibility index (Phi) is 3.14. The summed E-state index contributed by atoms with van der Waals surface area (Å²) in [5.74, 6) is -6.15. The van der Waals surface area contributed by atoms with Crippen molar-refractivity contribution in [1.82, 2.24) is 0 Å². The van der Waals surface area contributed by atoms with Gasteiger partial charge in [0, 0.05) is 0 Å². The fraction of sp³-hybridized carbons (Fsp3) is 0.222. The van der Waals surface area contributed by atoms with E-state index in [-0.39, 0.29) is 10.8 Å². The molecule has 15 heavy (non-hydrogen) atoms. The molecule has 82 valence electrons. The van der Waals surface area contributed by atoms with Gasteiger partial charge in [-0.25, -0.2) is 4.79 Å². The number of benzene rings is 1. The number of ether oxygens (including phenoxy) is 1. The van der Waals surface area contributed by atoms with Crippen molar-refractivity contribution in [2.75, 3.05) is 7.11 Å². The van der Waals surface area contributed by atoms with Crippen LogP contribution in [-0.2, 0) is 10.7 Å². The molecule has 0 saturated carbocycles. The predicted octanol–water partition coefficient (Wildman–Crippen LogP) is 2.52. The standard InChI is InChI=1S/C9H7ClF2O3/c1-15-5-2-3-7(10)6(4-5)9(11,12)8(13)14/h2-4H,1H3,(H,13,14). The van der Waals surface area contributed by atoms with E-state index >= 15 is 0 Å². The van der Waals surface area contributed by atoms with Crippen LogP contribution in [0.3, 0.4) is 0 Å². The lowest BCUT2D eigenvalue weighted by atomic mass is 10.1. The number of carboxylic acid groups (broad SMARTS) is 1. The fourth-order valence-corrected chi connectivity index (χ4v) is 1.22. The SMILES string of the molecule is COc1ccc(Cl)c(C(F)(F)C(=O)O)c1. The highest BCUT2D eigenvalue weighted by Crippen LogP contribution is 2.35. The smallest absolute Gasteiger partial charge is 0.379 e. The van der Waals surface area contributed by atoms with Crippen LogP contribution >= 0.6 is 11.6 Å². The molecule has 0 fully saturated rings. The van der Waals surface area contributed by atoms with Gasteiger partial charge in [-0.05, 0) is 18.2 Å². The fourth-order valence-electron chi connectivity index (χ4n) is 0.987. The quantitative estimate of drug-likeness (QED) is 0.877. The number of hydrogen-bond donors (Lipinski definition) is 1.